The molecule has 1 heteroatoms. The Morgan fingerprint density at radius 1 is 1.54 bits per heavy atom. The van der Waals surface area contributed by atoms with Gasteiger partial charge in [0.15, 0.2) is 0 Å². The molecule has 0 amide bonds. The number of rotatable bonds is 4. The van der Waals surface area contributed by atoms with E-state index in [-0.39, 0.29) is 0 Å². The number of carbonyl (C=O) groups excluding carboxylic acids is 1. The van der Waals surface area contributed by atoms with Gasteiger partial charge in [-0.2, -0.15) is 0 Å². The zero-order valence-electron chi connectivity index (χ0n) is 8.75. The van der Waals surface area contributed by atoms with Crippen molar-refractivity contribution in [1.29, 1.82) is 0 Å². The van der Waals surface area contributed by atoms with Gasteiger partial charge in [-0.3, -0.25) is 4.79 Å². The maximum Gasteiger partial charge on any atom is 0.133 e. The van der Waals surface area contributed by atoms with Crippen LogP contribution in [0.1, 0.15) is 46.0 Å². The van der Waals surface area contributed by atoms with Gasteiger partial charge in [0.2, 0.25) is 0 Å². The Morgan fingerprint density at radius 2 is 2.31 bits per heavy atom. The number of allylic oxidation sites excluding steroid dienone is 2. The summed E-state index contributed by atoms with van der Waals surface area (Å²) in [6.07, 6.45) is 9.43. The van der Waals surface area contributed by atoms with Crippen LogP contribution in [0, 0.1) is 11.8 Å². The van der Waals surface area contributed by atoms with Crippen LogP contribution in [-0.2, 0) is 4.79 Å². The molecule has 0 saturated heterocycles. The van der Waals surface area contributed by atoms with E-state index in [0.717, 1.165) is 19.3 Å². The Hall–Kier alpha value is -0.590. The lowest BCUT2D eigenvalue weighted by atomic mass is 9.82. The summed E-state index contributed by atoms with van der Waals surface area (Å²) in [5, 5.41) is 0. The van der Waals surface area contributed by atoms with E-state index in [9.17, 15) is 4.79 Å². The molecule has 0 aromatic carbocycles. The van der Waals surface area contributed by atoms with Crippen LogP contribution in [0.2, 0.25) is 0 Å². The van der Waals surface area contributed by atoms with Gasteiger partial charge < -0.3 is 0 Å². The second-order valence-electron chi connectivity index (χ2n) is 4.14. The third kappa shape index (κ3) is 3.33. The lowest BCUT2D eigenvalue weighted by Crippen LogP contribution is -2.16. The average Bonchev–Trinajstić information content (AvgIpc) is 2.09. The molecule has 0 aliphatic heterocycles. The molecule has 1 rings (SSSR count). The summed E-state index contributed by atoms with van der Waals surface area (Å²) in [7, 11) is 0. The number of carbonyl (C=O) groups is 1. The number of ketones is 1. The standard InChI is InChI=1S/C12H20O/c1-3-6-12(13)9-11-8-5-4-7-10(11)2/h5,8,10-11H,3-4,6-7,9H2,1-2H3. The molecule has 0 aromatic rings. The molecule has 1 aliphatic carbocycles. The Labute approximate surface area is 81.2 Å². The molecule has 0 spiro atoms. The molecule has 0 heterocycles. The lowest BCUT2D eigenvalue weighted by molar-refractivity contribution is -0.120. The number of Topliss-reactive ketones (excluding diaryl/α,β-unsaturated/α-hetero) is 1. The van der Waals surface area contributed by atoms with Crippen molar-refractivity contribution in [2.75, 3.05) is 0 Å². The van der Waals surface area contributed by atoms with Crippen molar-refractivity contribution in [3.05, 3.63) is 12.2 Å². The summed E-state index contributed by atoms with van der Waals surface area (Å²) in [4.78, 5) is 11.4. The molecule has 2 unspecified atom stereocenters. The maximum absolute atomic E-state index is 11.4. The second kappa shape index (κ2) is 5.21. The van der Waals surface area contributed by atoms with E-state index in [0.29, 0.717) is 17.6 Å². The molecule has 13 heavy (non-hydrogen) atoms. The maximum atomic E-state index is 11.4. The minimum absolute atomic E-state index is 0.436. The Kier molecular flexibility index (Phi) is 4.20. The molecule has 0 aromatic heterocycles. The first-order chi connectivity index (χ1) is 6.24. The summed E-state index contributed by atoms with van der Waals surface area (Å²) in [6, 6.07) is 0. The van der Waals surface area contributed by atoms with E-state index < -0.39 is 0 Å². The Bertz CT molecular complexity index is 193. The van der Waals surface area contributed by atoms with Gasteiger partial charge in [0, 0.05) is 12.8 Å². The fourth-order valence-corrected chi connectivity index (χ4v) is 1.95. The highest BCUT2D eigenvalue weighted by atomic mass is 16.1. The molecular weight excluding hydrogens is 160 g/mol. The smallest absolute Gasteiger partial charge is 0.133 e. The van der Waals surface area contributed by atoms with E-state index in [2.05, 4.69) is 26.0 Å². The van der Waals surface area contributed by atoms with Crippen molar-refractivity contribution in [1.82, 2.24) is 0 Å². The van der Waals surface area contributed by atoms with E-state index in [1.807, 2.05) is 0 Å². The molecule has 0 fully saturated rings. The summed E-state index contributed by atoms with van der Waals surface area (Å²) in [5.41, 5.74) is 0. The number of hydrogen-bond acceptors (Lipinski definition) is 1. The molecule has 1 nitrogen and oxygen atoms in total. The SMILES string of the molecule is CCCC(=O)CC1C=CCCC1C. The van der Waals surface area contributed by atoms with Crippen molar-refractivity contribution in [3.63, 3.8) is 0 Å². The van der Waals surface area contributed by atoms with Crippen LogP contribution < -0.4 is 0 Å². The first kappa shape index (κ1) is 10.5. The summed E-state index contributed by atoms with van der Waals surface area (Å²) < 4.78 is 0. The third-order valence-electron chi connectivity index (χ3n) is 2.90. The van der Waals surface area contributed by atoms with Gasteiger partial charge in [-0.1, -0.05) is 26.0 Å². The highest BCUT2D eigenvalue weighted by molar-refractivity contribution is 5.78. The molecule has 1 aliphatic rings. The second-order valence-corrected chi connectivity index (χ2v) is 4.14. The van der Waals surface area contributed by atoms with Gasteiger partial charge in [0.1, 0.15) is 5.78 Å². The fraction of sp³-hybridized carbons (Fsp3) is 0.750. The van der Waals surface area contributed by atoms with E-state index >= 15 is 0 Å². The topological polar surface area (TPSA) is 17.1 Å². The van der Waals surface area contributed by atoms with Gasteiger partial charge in [-0.25, -0.2) is 0 Å². The summed E-state index contributed by atoms with van der Waals surface area (Å²) >= 11 is 0. The van der Waals surface area contributed by atoms with Gasteiger partial charge in [-0.15, -0.1) is 0 Å². The Balaban J connectivity index is 2.38. The van der Waals surface area contributed by atoms with Crippen molar-refractivity contribution < 1.29 is 4.79 Å². The molecule has 0 N–H and O–H groups in total. The largest absolute Gasteiger partial charge is 0.300 e. The van der Waals surface area contributed by atoms with Crippen LogP contribution in [0.5, 0.6) is 0 Å². The van der Waals surface area contributed by atoms with Crippen LogP contribution in [-0.4, -0.2) is 5.78 Å². The summed E-state index contributed by atoms with van der Waals surface area (Å²) in [6.45, 7) is 4.32. The van der Waals surface area contributed by atoms with Crippen molar-refractivity contribution in [2.24, 2.45) is 11.8 Å². The minimum atomic E-state index is 0.436. The molecule has 2 atom stereocenters. The van der Waals surface area contributed by atoms with Crippen LogP contribution in [0.25, 0.3) is 0 Å². The van der Waals surface area contributed by atoms with Gasteiger partial charge in [-0.05, 0) is 31.1 Å². The monoisotopic (exact) mass is 180 g/mol. The molecule has 0 saturated carbocycles. The predicted molar refractivity (Wildman–Crippen MR) is 55.6 cm³/mol. The van der Waals surface area contributed by atoms with Crippen LogP contribution >= 0.6 is 0 Å². The van der Waals surface area contributed by atoms with Crippen molar-refractivity contribution in [3.8, 4) is 0 Å². The highest BCUT2D eigenvalue weighted by Gasteiger charge is 2.19. The number of hydrogen-bond donors (Lipinski definition) is 0. The van der Waals surface area contributed by atoms with Crippen molar-refractivity contribution in [2.45, 2.75) is 46.0 Å². The highest BCUT2D eigenvalue weighted by Crippen LogP contribution is 2.27. The fourth-order valence-electron chi connectivity index (χ4n) is 1.95. The molecule has 74 valence electrons. The van der Waals surface area contributed by atoms with Crippen LogP contribution in [0.15, 0.2) is 12.2 Å². The first-order valence-electron chi connectivity index (χ1n) is 5.42. The quantitative estimate of drug-likeness (QED) is 0.606. The first-order valence-corrected chi connectivity index (χ1v) is 5.42. The molecule has 0 bridgehead atoms. The third-order valence-corrected chi connectivity index (χ3v) is 2.90. The zero-order chi connectivity index (χ0) is 9.68. The van der Waals surface area contributed by atoms with Gasteiger partial charge in [0.05, 0.1) is 0 Å². The van der Waals surface area contributed by atoms with Crippen LogP contribution in [0.4, 0.5) is 0 Å². The lowest BCUT2D eigenvalue weighted by Gasteiger charge is -2.23. The molecule has 0 radical (unpaired) electrons. The summed E-state index contributed by atoms with van der Waals surface area (Å²) in [5.74, 6) is 1.66. The molecular formula is C12H20O. The van der Waals surface area contributed by atoms with Crippen molar-refractivity contribution >= 4 is 5.78 Å². The Morgan fingerprint density at radius 3 is 2.92 bits per heavy atom. The average molecular weight is 180 g/mol. The van der Waals surface area contributed by atoms with Crippen LogP contribution in [0.3, 0.4) is 0 Å². The van der Waals surface area contributed by atoms with E-state index in [1.54, 1.807) is 0 Å². The zero-order valence-corrected chi connectivity index (χ0v) is 8.75. The minimum Gasteiger partial charge on any atom is -0.300 e. The van der Waals surface area contributed by atoms with Gasteiger partial charge >= 0.3 is 0 Å². The predicted octanol–water partition coefficient (Wildman–Crippen LogP) is 3.35. The van der Waals surface area contributed by atoms with E-state index in [1.165, 1.54) is 12.8 Å². The van der Waals surface area contributed by atoms with E-state index in [4.69, 9.17) is 0 Å². The normalized spacial score (nSPS) is 27.5. The van der Waals surface area contributed by atoms with Gasteiger partial charge in [0.25, 0.3) is 0 Å².